The van der Waals surface area contributed by atoms with Gasteiger partial charge in [-0.2, -0.15) is 0 Å². The number of nitrogens with one attached hydrogen (secondary N) is 1. The summed E-state index contributed by atoms with van der Waals surface area (Å²) in [6.45, 7) is 2.09. The van der Waals surface area contributed by atoms with Gasteiger partial charge >= 0.3 is 0 Å². The minimum Gasteiger partial charge on any atom is -0.339 e. The maximum atomic E-state index is 4.38. The molecule has 0 amide bonds. The van der Waals surface area contributed by atoms with Crippen molar-refractivity contribution in [3.05, 3.63) is 42.6 Å². The lowest BCUT2D eigenvalue weighted by molar-refractivity contribution is 0.947. The number of aryl methyl sites for hydroxylation is 2. The van der Waals surface area contributed by atoms with Gasteiger partial charge in [-0.3, -0.25) is 4.98 Å². The fourth-order valence-corrected chi connectivity index (χ4v) is 2.07. The second-order valence-electron chi connectivity index (χ2n) is 4.39. The summed E-state index contributed by atoms with van der Waals surface area (Å²) in [5.74, 6) is 0.804. The summed E-state index contributed by atoms with van der Waals surface area (Å²) in [5.41, 5.74) is 3.99. The highest BCUT2D eigenvalue weighted by atomic mass is 15.1. The molecule has 0 bridgehead atoms. The average molecular weight is 253 g/mol. The quantitative estimate of drug-likeness (QED) is 0.779. The summed E-state index contributed by atoms with van der Waals surface area (Å²) in [7, 11) is 1.97. The SMILES string of the molecule is CCc1ncccc1Nc1cc2c(cn1)ncn2C. The molecule has 0 aromatic carbocycles. The van der Waals surface area contributed by atoms with Crippen molar-refractivity contribution >= 4 is 22.5 Å². The van der Waals surface area contributed by atoms with Crippen molar-refractivity contribution in [2.45, 2.75) is 13.3 Å². The smallest absolute Gasteiger partial charge is 0.132 e. The zero-order valence-electron chi connectivity index (χ0n) is 11.0. The van der Waals surface area contributed by atoms with Crippen LogP contribution in [-0.4, -0.2) is 19.5 Å². The largest absolute Gasteiger partial charge is 0.339 e. The second-order valence-corrected chi connectivity index (χ2v) is 4.39. The van der Waals surface area contributed by atoms with Crippen LogP contribution in [0.25, 0.3) is 11.0 Å². The van der Waals surface area contributed by atoms with E-state index in [9.17, 15) is 0 Å². The van der Waals surface area contributed by atoms with Gasteiger partial charge in [-0.05, 0) is 18.6 Å². The molecule has 0 atom stereocenters. The molecule has 0 saturated carbocycles. The molecular weight excluding hydrogens is 238 g/mol. The lowest BCUT2D eigenvalue weighted by Gasteiger charge is -2.09. The van der Waals surface area contributed by atoms with Crippen LogP contribution in [-0.2, 0) is 13.5 Å². The van der Waals surface area contributed by atoms with Crippen molar-refractivity contribution in [1.29, 1.82) is 0 Å². The van der Waals surface area contributed by atoms with Crippen LogP contribution >= 0.6 is 0 Å². The Morgan fingerprint density at radius 3 is 3.00 bits per heavy atom. The summed E-state index contributed by atoms with van der Waals surface area (Å²) >= 11 is 0. The number of fused-ring (bicyclic) bond motifs is 1. The zero-order chi connectivity index (χ0) is 13.2. The Morgan fingerprint density at radius 2 is 2.16 bits per heavy atom. The minimum atomic E-state index is 0.804. The van der Waals surface area contributed by atoms with Gasteiger partial charge in [-0.1, -0.05) is 6.92 Å². The Bertz CT molecular complexity index is 717. The summed E-state index contributed by atoms with van der Waals surface area (Å²) < 4.78 is 1.98. The fraction of sp³-hybridized carbons (Fsp3) is 0.214. The van der Waals surface area contributed by atoms with Gasteiger partial charge in [0.2, 0.25) is 0 Å². The molecule has 3 rings (SSSR count). The third-order valence-electron chi connectivity index (χ3n) is 3.10. The van der Waals surface area contributed by atoms with Crippen LogP contribution in [0.4, 0.5) is 11.5 Å². The number of pyridine rings is 2. The molecule has 5 heteroatoms. The van der Waals surface area contributed by atoms with E-state index in [0.29, 0.717) is 0 Å². The molecule has 0 saturated heterocycles. The summed E-state index contributed by atoms with van der Waals surface area (Å²) in [6, 6.07) is 5.93. The van der Waals surface area contributed by atoms with Gasteiger partial charge < -0.3 is 9.88 Å². The zero-order valence-corrected chi connectivity index (χ0v) is 11.0. The molecule has 0 aliphatic carbocycles. The third kappa shape index (κ3) is 2.14. The Hall–Kier alpha value is -2.43. The molecular formula is C14H15N5. The van der Waals surface area contributed by atoms with Gasteiger partial charge in [0.15, 0.2) is 0 Å². The Labute approximate surface area is 111 Å². The highest BCUT2D eigenvalue weighted by molar-refractivity contribution is 5.78. The molecule has 0 unspecified atom stereocenters. The van der Waals surface area contributed by atoms with E-state index in [1.54, 1.807) is 12.5 Å². The van der Waals surface area contributed by atoms with E-state index in [0.717, 1.165) is 34.7 Å². The number of aromatic nitrogens is 4. The van der Waals surface area contributed by atoms with Crippen LogP contribution in [0.15, 0.2) is 36.9 Å². The van der Waals surface area contributed by atoms with Crippen LogP contribution in [0.5, 0.6) is 0 Å². The fourth-order valence-electron chi connectivity index (χ4n) is 2.07. The number of rotatable bonds is 3. The lowest BCUT2D eigenvalue weighted by atomic mass is 10.2. The molecule has 0 radical (unpaired) electrons. The Kier molecular flexibility index (Phi) is 2.87. The first-order valence-electron chi connectivity index (χ1n) is 6.26. The van der Waals surface area contributed by atoms with Gasteiger partial charge in [0.1, 0.15) is 11.3 Å². The number of hydrogen-bond acceptors (Lipinski definition) is 4. The molecule has 0 spiro atoms. The minimum absolute atomic E-state index is 0.804. The van der Waals surface area contributed by atoms with E-state index in [4.69, 9.17) is 0 Å². The van der Waals surface area contributed by atoms with Gasteiger partial charge in [0.25, 0.3) is 0 Å². The summed E-state index contributed by atoms with van der Waals surface area (Å²) in [5, 5.41) is 3.32. The lowest BCUT2D eigenvalue weighted by Crippen LogP contribution is -1.99. The molecule has 0 fully saturated rings. The van der Waals surface area contributed by atoms with E-state index >= 15 is 0 Å². The van der Waals surface area contributed by atoms with Crippen molar-refractivity contribution in [2.24, 2.45) is 7.05 Å². The van der Waals surface area contributed by atoms with E-state index in [2.05, 4.69) is 27.2 Å². The maximum Gasteiger partial charge on any atom is 0.132 e. The Balaban J connectivity index is 1.98. The molecule has 3 aromatic rings. The predicted molar refractivity (Wildman–Crippen MR) is 75.4 cm³/mol. The van der Waals surface area contributed by atoms with Gasteiger partial charge in [-0.25, -0.2) is 9.97 Å². The first kappa shape index (κ1) is 11.6. The maximum absolute atomic E-state index is 4.38. The molecule has 3 heterocycles. The average Bonchev–Trinajstić information content (AvgIpc) is 2.81. The highest BCUT2D eigenvalue weighted by Crippen LogP contribution is 2.20. The van der Waals surface area contributed by atoms with E-state index in [-0.39, 0.29) is 0 Å². The van der Waals surface area contributed by atoms with Crippen LogP contribution in [0.2, 0.25) is 0 Å². The van der Waals surface area contributed by atoms with Crippen LogP contribution in [0.3, 0.4) is 0 Å². The van der Waals surface area contributed by atoms with Crippen molar-refractivity contribution in [1.82, 2.24) is 19.5 Å². The number of hydrogen-bond donors (Lipinski definition) is 1. The number of anilines is 2. The first-order valence-corrected chi connectivity index (χ1v) is 6.26. The molecule has 5 nitrogen and oxygen atoms in total. The van der Waals surface area contributed by atoms with Gasteiger partial charge in [0.05, 0.1) is 29.4 Å². The topological polar surface area (TPSA) is 55.6 Å². The third-order valence-corrected chi connectivity index (χ3v) is 3.10. The molecule has 19 heavy (non-hydrogen) atoms. The van der Waals surface area contributed by atoms with Crippen molar-refractivity contribution in [3.8, 4) is 0 Å². The molecule has 0 aliphatic rings. The second kappa shape index (κ2) is 4.68. The molecule has 1 N–H and O–H groups in total. The molecule has 0 aliphatic heterocycles. The van der Waals surface area contributed by atoms with Gasteiger partial charge in [0, 0.05) is 19.3 Å². The van der Waals surface area contributed by atoms with Gasteiger partial charge in [-0.15, -0.1) is 0 Å². The highest BCUT2D eigenvalue weighted by Gasteiger charge is 2.05. The predicted octanol–water partition coefficient (Wildman–Crippen LogP) is 2.67. The van der Waals surface area contributed by atoms with Crippen LogP contribution < -0.4 is 5.32 Å². The summed E-state index contributed by atoms with van der Waals surface area (Å²) in [4.78, 5) is 13.0. The number of nitrogens with zero attached hydrogens (tertiary/aromatic N) is 4. The standard InChI is InChI=1S/C14H15N5/c1-3-10-11(5-4-6-15-10)18-14-7-13-12(8-16-14)17-9-19(13)2/h4-9H,3H2,1-2H3,(H,16,18). The molecule has 3 aromatic heterocycles. The molecule has 96 valence electrons. The van der Waals surface area contributed by atoms with E-state index in [1.165, 1.54) is 0 Å². The Morgan fingerprint density at radius 1 is 1.26 bits per heavy atom. The first-order chi connectivity index (χ1) is 9.28. The van der Waals surface area contributed by atoms with Crippen LogP contribution in [0.1, 0.15) is 12.6 Å². The number of imidazole rings is 1. The van der Waals surface area contributed by atoms with Crippen LogP contribution in [0, 0.1) is 0 Å². The monoisotopic (exact) mass is 253 g/mol. The van der Waals surface area contributed by atoms with Crippen molar-refractivity contribution in [2.75, 3.05) is 5.32 Å². The normalized spacial score (nSPS) is 10.8. The van der Waals surface area contributed by atoms with E-state index < -0.39 is 0 Å². The van der Waals surface area contributed by atoms with Crippen molar-refractivity contribution in [3.63, 3.8) is 0 Å². The van der Waals surface area contributed by atoms with E-state index in [1.807, 2.05) is 36.0 Å². The summed E-state index contributed by atoms with van der Waals surface area (Å²) in [6.07, 6.45) is 6.26. The van der Waals surface area contributed by atoms with Crippen molar-refractivity contribution < 1.29 is 0 Å².